The lowest BCUT2D eigenvalue weighted by atomic mass is 9.80. The quantitative estimate of drug-likeness (QED) is 0.745. The Bertz CT molecular complexity index is 246. The van der Waals surface area contributed by atoms with Gasteiger partial charge < -0.3 is 10.2 Å². The van der Waals surface area contributed by atoms with Crippen molar-refractivity contribution >= 4 is 12.1 Å². The molecular formula is C12H22N2O2. The van der Waals surface area contributed by atoms with Gasteiger partial charge in [0.15, 0.2) is 0 Å². The first-order valence-corrected chi connectivity index (χ1v) is 6.17. The van der Waals surface area contributed by atoms with E-state index in [1.165, 1.54) is 0 Å². The maximum absolute atomic E-state index is 10.9. The first kappa shape index (κ1) is 13.0. The molecule has 1 fully saturated rings. The van der Waals surface area contributed by atoms with Crippen LogP contribution in [-0.2, 0) is 9.63 Å². The predicted molar refractivity (Wildman–Crippen MR) is 64.3 cm³/mol. The van der Waals surface area contributed by atoms with E-state index in [0.29, 0.717) is 6.04 Å². The highest BCUT2D eigenvalue weighted by Crippen LogP contribution is 2.36. The van der Waals surface area contributed by atoms with Crippen LogP contribution in [0, 0.1) is 0 Å². The third-order valence-corrected chi connectivity index (χ3v) is 3.09. The van der Waals surface area contributed by atoms with E-state index < -0.39 is 0 Å². The van der Waals surface area contributed by atoms with Gasteiger partial charge in [-0.15, -0.1) is 0 Å². The minimum absolute atomic E-state index is 0.0328. The number of nitrogens with zero attached hydrogens (tertiary/aromatic N) is 1. The molecule has 4 nitrogen and oxygen atoms in total. The topological polar surface area (TPSA) is 50.7 Å². The normalized spacial score (nSPS) is 31.6. The van der Waals surface area contributed by atoms with Crippen LogP contribution in [0.5, 0.6) is 0 Å². The Labute approximate surface area is 97.4 Å². The summed E-state index contributed by atoms with van der Waals surface area (Å²) in [6.45, 7) is 5.57. The van der Waals surface area contributed by atoms with Crippen LogP contribution >= 0.6 is 0 Å². The number of carbonyl (C=O) groups excluding carboxylic acids is 1. The molecule has 0 aromatic heterocycles. The molecule has 0 bridgehead atoms. The molecule has 2 aliphatic rings. The molecule has 1 aliphatic heterocycles. The van der Waals surface area contributed by atoms with Crippen molar-refractivity contribution in [3.8, 4) is 0 Å². The molecular weight excluding hydrogens is 204 g/mol. The van der Waals surface area contributed by atoms with Crippen LogP contribution in [0.3, 0.4) is 0 Å². The smallest absolute Gasteiger partial charge is 0.217 e. The number of hydrogen-bond donors (Lipinski definition) is 1. The van der Waals surface area contributed by atoms with Crippen LogP contribution in [0.25, 0.3) is 0 Å². The average Bonchev–Trinajstić information content (AvgIpc) is 2.73. The van der Waals surface area contributed by atoms with Crippen molar-refractivity contribution in [3.05, 3.63) is 0 Å². The van der Waals surface area contributed by atoms with Gasteiger partial charge in [0.2, 0.25) is 5.91 Å². The fourth-order valence-electron chi connectivity index (χ4n) is 2.26. The Kier molecular flexibility index (Phi) is 4.77. The summed E-state index contributed by atoms with van der Waals surface area (Å²) in [7, 11) is 0. The van der Waals surface area contributed by atoms with Gasteiger partial charge in [-0.25, -0.2) is 0 Å². The molecule has 1 N–H and O–H groups in total. The molecule has 16 heavy (non-hydrogen) atoms. The van der Waals surface area contributed by atoms with Gasteiger partial charge >= 0.3 is 0 Å². The second kappa shape index (κ2) is 5.87. The highest BCUT2D eigenvalue weighted by atomic mass is 16.7. The van der Waals surface area contributed by atoms with E-state index in [9.17, 15) is 4.79 Å². The number of hydrogen-bond acceptors (Lipinski definition) is 3. The zero-order chi connectivity index (χ0) is 12.0. The van der Waals surface area contributed by atoms with Crippen LogP contribution < -0.4 is 5.32 Å². The number of nitrogens with one attached hydrogen (secondary N) is 1. The molecule has 4 heteroatoms. The van der Waals surface area contributed by atoms with E-state index in [-0.39, 0.29) is 11.5 Å². The summed E-state index contributed by atoms with van der Waals surface area (Å²) in [4.78, 5) is 16.2. The molecule has 0 atom stereocenters. The molecule has 0 aromatic rings. The fourth-order valence-corrected chi connectivity index (χ4v) is 2.26. The molecule has 0 saturated heterocycles. The highest BCUT2D eigenvalue weighted by Gasteiger charge is 2.39. The Morgan fingerprint density at radius 2 is 2.06 bits per heavy atom. The maximum atomic E-state index is 10.9. The van der Waals surface area contributed by atoms with Gasteiger partial charge in [0.1, 0.15) is 5.60 Å². The van der Waals surface area contributed by atoms with Gasteiger partial charge in [0, 0.05) is 25.6 Å². The Hall–Kier alpha value is -1.06. The minimum atomic E-state index is -0.0328. The lowest BCUT2D eigenvalue weighted by Crippen LogP contribution is -2.42. The summed E-state index contributed by atoms with van der Waals surface area (Å²) in [6, 6.07) is 0.335. The van der Waals surface area contributed by atoms with Crippen LogP contribution in [-0.4, -0.2) is 23.8 Å². The van der Waals surface area contributed by atoms with E-state index in [0.717, 1.165) is 32.1 Å². The van der Waals surface area contributed by atoms with Crippen LogP contribution in [0.2, 0.25) is 0 Å². The minimum Gasteiger partial charge on any atom is -0.389 e. The molecule has 92 valence electrons. The van der Waals surface area contributed by atoms with E-state index in [4.69, 9.17) is 4.84 Å². The summed E-state index contributed by atoms with van der Waals surface area (Å²) in [5.41, 5.74) is -0.0328. The molecule has 0 unspecified atom stereocenters. The van der Waals surface area contributed by atoms with Crippen molar-refractivity contribution in [2.75, 3.05) is 0 Å². The van der Waals surface area contributed by atoms with Crippen molar-refractivity contribution in [3.63, 3.8) is 0 Å². The van der Waals surface area contributed by atoms with Crippen molar-refractivity contribution in [2.24, 2.45) is 5.16 Å². The Morgan fingerprint density at radius 1 is 1.44 bits per heavy atom. The molecule has 1 amide bonds. The predicted octanol–water partition coefficient (Wildman–Crippen LogP) is 2.24. The van der Waals surface area contributed by atoms with Gasteiger partial charge in [0.25, 0.3) is 0 Å². The average molecular weight is 226 g/mol. The number of carbonyl (C=O) groups is 1. The van der Waals surface area contributed by atoms with E-state index in [2.05, 4.69) is 10.5 Å². The van der Waals surface area contributed by atoms with Crippen LogP contribution in [0.1, 0.15) is 52.9 Å². The van der Waals surface area contributed by atoms with Crippen LogP contribution in [0.4, 0.5) is 0 Å². The molecule has 2 rings (SSSR count). The third-order valence-electron chi connectivity index (χ3n) is 3.09. The second-order valence-corrected chi connectivity index (χ2v) is 4.24. The lowest BCUT2D eigenvalue weighted by molar-refractivity contribution is -0.120. The largest absolute Gasteiger partial charge is 0.389 e. The van der Waals surface area contributed by atoms with Gasteiger partial charge in [-0.2, -0.15) is 0 Å². The summed E-state index contributed by atoms with van der Waals surface area (Å²) >= 11 is 0. The summed E-state index contributed by atoms with van der Waals surface area (Å²) < 4.78 is 0. The fraction of sp³-hybridized carbons (Fsp3) is 0.833. The molecule has 0 aromatic carbocycles. The van der Waals surface area contributed by atoms with Crippen molar-refractivity contribution in [2.45, 2.75) is 64.5 Å². The second-order valence-electron chi connectivity index (χ2n) is 4.24. The standard InChI is InChI=1S/C10H16N2O2.C2H6/c1-8(13)12-9-2-4-10(5-3-9)6-7-11-14-10;1-2/h7,9H,2-6H2,1H3,(H,12,13);1-2H3. The number of oxime groups is 1. The first-order chi connectivity index (χ1) is 7.70. The van der Waals surface area contributed by atoms with Gasteiger partial charge in [-0.3, -0.25) is 4.79 Å². The molecule has 1 saturated carbocycles. The van der Waals surface area contributed by atoms with E-state index in [1.807, 2.05) is 20.1 Å². The zero-order valence-electron chi connectivity index (χ0n) is 10.5. The first-order valence-electron chi connectivity index (χ1n) is 6.17. The van der Waals surface area contributed by atoms with Crippen molar-refractivity contribution < 1.29 is 9.63 Å². The molecule has 1 heterocycles. The summed E-state index contributed by atoms with van der Waals surface area (Å²) in [6.07, 6.45) is 6.78. The number of amides is 1. The summed E-state index contributed by atoms with van der Waals surface area (Å²) in [5, 5.41) is 6.79. The summed E-state index contributed by atoms with van der Waals surface area (Å²) in [5.74, 6) is 0.0644. The highest BCUT2D eigenvalue weighted by molar-refractivity contribution is 5.73. The molecule has 1 spiro atoms. The maximum Gasteiger partial charge on any atom is 0.217 e. The van der Waals surface area contributed by atoms with E-state index >= 15 is 0 Å². The number of rotatable bonds is 1. The Balaban J connectivity index is 0.000000606. The van der Waals surface area contributed by atoms with Gasteiger partial charge in [-0.05, 0) is 25.7 Å². The monoisotopic (exact) mass is 226 g/mol. The zero-order valence-corrected chi connectivity index (χ0v) is 10.5. The SMILES string of the molecule is CC.CC(=O)NC1CCC2(CC=NO2)CC1. The Morgan fingerprint density at radius 3 is 2.50 bits per heavy atom. The van der Waals surface area contributed by atoms with Crippen molar-refractivity contribution in [1.29, 1.82) is 0 Å². The lowest BCUT2D eigenvalue weighted by Gasteiger charge is -2.34. The molecule has 1 aliphatic carbocycles. The van der Waals surface area contributed by atoms with E-state index in [1.54, 1.807) is 6.92 Å². The van der Waals surface area contributed by atoms with Crippen LogP contribution in [0.15, 0.2) is 5.16 Å². The molecule has 0 radical (unpaired) electrons. The third kappa shape index (κ3) is 3.22. The van der Waals surface area contributed by atoms with Crippen molar-refractivity contribution in [1.82, 2.24) is 5.32 Å². The van der Waals surface area contributed by atoms with Gasteiger partial charge in [0.05, 0.1) is 0 Å². The van der Waals surface area contributed by atoms with Gasteiger partial charge in [-0.1, -0.05) is 19.0 Å².